The number of carbonyl (C=O) groups excluding carboxylic acids is 1. The summed E-state index contributed by atoms with van der Waals surface area (Å²) in [6, 6.07) is 5.78. The molecule has 0 aliphatic carbocycles. The first-order valence-electron chi connectivity index (χ1n) is 6.96. The van der Waals surface area contributed by atoms with E-state index in [1.807, 2.05) is 23.8 Å². The molecule has 0 unspecified atom stereocenters. The highest BCUT2D eigenvalue weighted by molar-refractivity contribution is 7.99. The van der Waals surface area contributed by atoms with Gasteiger partial charge in [-0.05, 0) is 25.3 Å². The predicted molar refractivity (Wildman–Crippen MR) is 96.1 cm³/mol. The number of aromatic nitrogens is 2. The highest BCUT2D eigenvalue weighted by Crippen LogP contribution is 2.29. The summed E-state index contributed by atoms with van der Waals surface area (Å²) in [4.78, 5) is 17.9. The van der Waals surface area contributed by atoms with Gasteiger partial charge in [-0.25, -0.2) is 4.98 Å². The van der Waals surface area contributed by atoms with Gasteiger partial charge in [0.1, 0.15) is 10.8 Å². The molecule has 0 saturated carbocycles. The summed E-state index contributed by atoms with van der Waals surface area (Å²) >= 11 is 4.87. The molecule has 0 radical (unpaired) electrons. The predicted octanol–water partition coefficient (Wildman–Crippen LogP) is 4.43. The molecule has 3 aromatic rings. The second-order valence-electron chi connectivity index (χ2n) is 4.89. The highest BCUT2D eigenvalue weighted by atomic mass is 32.2. The first kappa shape index (κ1) is 16.2. The van der Waals surface area contributed by atoms with Crippen LogP contribution < -0.4 is 5.32 Å². The molecule has 0 fully saturated rings. The summed E-state index contributed by atoms with van der Waals surface area (Å²) in [7, 11) is 0. The molecule has 1 N–H and O–H groups in total. The van der Waals surface area contributed by atoms with E-state index in [4.69, 9.17) is 4.52 Å². The highest BCUT2D eigenvalue weighted by Gasteiger charge is 2.16. The number of thiophene rings is 1. The van der Waals surface area contributed by atoms with Gasteiger partial charge in [0.25, 0.3) is 0 Å². The summed E-state index contributed by atoms with van der Waals surface area (Å²) in [5.74, 6) is 1.74. The number of nitrogens with one attached hydrogen (secondary N) is 1. The molecule has 1 atom stereocenters. The number of nitrogens with zero attached hydrogens (tertiary/aromatic N) is 2. The van der Waals surface area contributed by atoms with E-state index in [0.717, 1.165) is 10.7 Å². The van der Waals surface area contributed by atoms with Crippen molar-refractivity contribution in [2.24, 2.45) is 0 Å². The third kappa shape index (κ3) is 4.21. The van der Waals surface area contributed by atoms with E-state index >= 15 is 0 Å². The van der Waals surface area contributed by atoms with Crippen molar-refractivity contribution in [3.63, 3.8) is 0 Å². The number of amides is 1. The molecule has 0 aliphatic rings. The lowest BCUT2D eigenvalue weighted by atomic mass is 10.4. The van der Waals surface area contributed by atoms with Crippen LogP contribution in [-0.4, -0.2) is 21.3 Å². The van der Waals surface area contributed by atoms with Crippen molar-refractivity contribution in [1.29, 1.82) is 0 Å². The van der Waals surface area contributed by atoms with Gasteiger partial charge in [0.05, 0.1) is 15.8 Å². The van der Waals surface area contributed by atoms with Crippen molar-refractivity contribution >= 4 is 46.2 Å². The van der Waals surface area contributed by atoms with Gasteiger partial charge >= 0.3 is 0 Å². The van der Waals surface area contributed by atoms with E-state index in [1.165, 1.54) is 4.88 Å². The van der Waals surface area contributed by atoms with Crippen molar-refractivity contribution in [2.75, 3.05) is 5.32 Å². The Bertz CT molecular complexity index is 780. The van der Waals surface area contributed by atoms with Crippen molar-refractivity contribution in [3.05, 3.63) is 40.4 Å². The number of thiazole rings is 1. The largest absolute Gasteiger partial charge is 0.360 e. The average molecular weight is 366 g/mol. The minimum atomic E-state index is -0.195. The molecule has 0 aliphatic heterocycles. The molecule has 120 valence electrons. The van der Waals surface area contributed by atoms with Crippen molar-refractivity contribution in [2.45, 2.75) is 24.9 Å². The summed E-state index contributed by atoms with van der Waals surface area (Å²) in [6.07, 6.45) is 0. The molecule has 8 heteroatoms. The Morgan fingerprint density at radius 3 is 3.04 bits per heavy atom. The van der Waals surface area contributed by atoms with Crippen molar-refractivity contribution in [1.82, 2.24) is 10.1 Å². The first-order valence-corrected chi connectivity index (χ1v) is 9.76. The molecular formula is C15H15N3O2S3. The Labute approximate surface area is 146 Å². The fourth-order valence-electron chi connectivity index (χ4n) is 1.83. The van der Waals surface area contributed by atoms with Gasteiger partial charge in [0.2, 0.25) is 5.91 Å². The second-order valence-corrected chi connectivity index (χ2v) is 8.02. The number of carbonyl (C=O) groups is 1. The van der Waals surface area contributed by atoms with Crippen LogP contribution in [0.3, 0.4) is 0 Å². The van der Waals surface area contributed by atoms with Crippen LogP contribution >= 0.6 is 34.4 Å². The van der Waals surface area contributed by atoms with Gasteiger partial charge in [-0.15, -0.1) is 34.4 Å². The molecule has 3 aromatic heterocycles. The van der Waals surface area contributed by atoms with Crippen LogP contribution in [-0.2, 0) is 10.5 Å². The molecule has 0 saturated heterocycles. The molecule has 0 bridgehead atoms. The molecule has 3 heterocycles. The Hall–Kier alpha value is -1.64. The van der Waals surface area contributed by atoms with E-state index in [1.54, 1.807) is 47.4 Å². The maximum Gasteiger partial charge on any atom is 0.238 e. The Kier molecular flexibility index (Phi) is 5.14. The second kappa shape index (κ2) is 7.29. The third-order valence-electron chi connectivity index (χ3n) is 3.01. The molecule has 1 amide bonds. The van der Waals surface area contributed by atoms with E-state index in [2.05, 4.69) is 21.5 Å². The number of anilines is 1. The zero-order valence-electron chi connectivity index (χ0n) is 12.6. The SMILES string of the molecule is Cc1cc(NC(=O)[C@H](C)SCc2csc(-c3cccs3)n2)no1. The lowest BCUT2D eigenvalue weighted by molar-refractivity contribution is -0.115. The number of rotatable bonds is 6. The van der Waals surface area contributed by atoms with Crippen LogP contribution in [0.2, 0.25) is 0 Å². The molecule has 0 aromatic carbocycles. The zero-order valence-corrected chi connectivity index (χ0v) is 15.1. The van der Waals surface area contributed by atoms with Crippen LogP contribution in [0.25, 0.3) is 9.88 Å². The maximum atomic E-state index is 12.1. The first-order chi connectivity index (χ1) is 11.1. The smallest absolute Gasteiger partial charge is 0.238 e. The summed E-state index contributed by atoms with van der Waals surface area (Å²) in [6.45, 7) is 3.66. The molecular weight excluding hydrogens is 350 g/mol. The maximum absolute atomic E-state index is 12.1. The Morgan fingerprint density at radius 2 is 2.35 bits per heavy atom. The van der Waals surface area contributed by atoms with Gasteiger partial charge in [-0.1, -0.05) is 11.2 Å². The number of hydrogen-bond donors (Lipinski definition) is 1. The molecule has 3 rings (SSSR count). The minimum absolute atomic E-state index is 0.0861. The quantitative estimate of drug-likeness (QED) is 0.700. The Morgan fingerprint density at radius 1 is 1.48 bits per heavy atom. The van der Waals surface area contributed by atoms with Crippen LogP contribution in [0, 0.1) is 6.92 Å². The Balaban J connectivity index is 1.52. The monoisotopic (exact) mass is 365 g/mol. The molecule has 23 heavy (non-hydrogen) atoms. The van der Waals surface area contributed by atoms with E-state index in [0.29, 0.717) is 17.3 Å². The lowest BCUT2D eigenvalue weighted by Crippen LogP contribution is -2.22. The lowest BCUT2D eigenvalue weighted by Gasteiger charge is -2.09. The van der Waals surface area contributed by atoms with Gasteiger partial charge < -0.3 is 9.84 Å². The summed E-state index contributed by atoms with van der Waals surface area (Å²) < 4.78 is 4.93. The van der Waals surface area contributed by atoms with E-state index in [9.17, 15) is 4.79 Å². The number of aryl methyl sites for hydroxylation is 1. The van der Waals surface area contributed by atoms with Crippen LogP contribution in [0.15, 0.2) is 33.5 Å². The van der Waals surface area contributed by atoms with Crippen LogP contribution in [0.1, 0.15) is 18.4 Å². The summed E-state index contributed by atoms with van der Waals surface area (Å²) in [5, 5.41) is 11.4. The fourth-order valence-corrected chi connectivity index (χ4v) is 4.34. The van der Waals surface area contributed by atoms with Gasteiger partial charge in [-0.2, -0.15) is 0 Å². The average Bonchev–Trinajstić information content (AvgIpc) is 3.26. The topological polar surface area (TPSA) is 68.0 Å². The van der Waals surface area contributed by atoms with Crippen LogP contribution in [0.5, 0.6) is 0 Å². The normalized spacial score (nSPS) is 12.3. The van der Waals surface area contributed by atoms with Crippen molar-refractivity contribution < 1.29 is 9.32 Å². The third-order valence-corrected chi connectivity index (χ3v) is 6.12. The van der Waals surface area contributed by atoms with Crippen LogP contribution in [0.4, 0.5) is 5.82 Å². The fraction of sp³-hybridized carbons (Fsp3) is 0.267. The van der Waals surface area contributed by atoms with E-state index in [-0.39, 0.29) is 11.2 Å². The number of hydrogen-bond acceptors (Lipinski definition) is 7. The zero-order chi connectivity index (χ0) is 16.2. The summed E-state index contributed by atoms with van der Waals surface area (Å²) in [5.41, 5.74) is 1.00. The van der Waals surface area contributed by atoms with Gasteiger partial charge in [0, 0.05) is 17.2 Å². The van der Waals surface area contributed by atoms with Gasteiger partial charge in [0.15, 0.2) is 5.82 Å². The molecule has 5 nitrogen and oxygen atoms in total. The molecule has 0 spiro atoms. The van der Waals surface area contributed by atoms with Crippen molar-refractivity contribution in [3.8, 4) is 9.88 Å². The number of thioether (sulfide) groups is 1. The van der Waals surface area contributed by atoms with E-state index < -0.39 is 0 Å². The minimum Gasteiger partial charge on any atom is -0.360 e. The standard InChI is InChI=1S/C15H15N3O2S3/c1-9-6-13(18-20-9)17-14(19)10(2)22-7-11-8-23-15(16-11)12-4-3-5-21-12/h3-6,8,10H,7H2,1-2H3,(H,17,18,19)/t10-/m0/s1. The van der Waals surface area contributed by atoms with Gasteiger partial charge in [-0.3, -0.25) is 4.79 Å².